The Balaban J connectivity index is 1.75. The van der Waals surface area contributed by atoms with Gasteiger partial charge in [0.2, 0.25) is 0 Å². The van der Waals surface area contributed by atoms with Crippen molar-refractivity contribution in [1.29, 1.82) is 0 Å². The van der Waals surface area contributed by atoms with Gasteiger partial charge in [0.05, 0.1) is 0 Å². The number of halogens is 1. The topological polar surface area (TPSA) is 32.3 Å². The molecule has 0 spiro atoms. The van der Waals surface area contributed by atoms with Crippen LogP contribution in [0, 0.1) is 19.7 Å². The van der Waals surface area contributed by atoms with Crippen molar-refractivity contribution in [2.45, 2.75) is 19.2 Å². The zero-order valence-corrected chi connectivity index (χ0v) is 14.0. The van der Waals surface area contributed by atoms with E-state index in [0.29, 0.717) is 6.54 Å². The van der Waals surface area contributed by atoms with Crippen molar-refractivity contribution in [2.75, 3.05) is 17.6 Å². The number of rotatable bonds is 2. The number of hydrogen-bond acceptors (Lipinski definition) is 2. The average molecular weight is 330 g/mol. The summed E-state index contributed by atoms with van der Waals surface area (Å²) in [6.07, 6.45) is 0. The third kappa shape index (κ3) is 3.50. The average Bonchev–Trinajstić information content (AvgIpc) is 3.01. The first kappa shape index (κ1) is 15.9. The van der Waals surface area contributed by atoms with Gasteiger partial charge in [0.25, 0.3) is 0 Å². The number of urea groups is 1. The lowest BCUT2D eigenvalue weighted by Gasteiger charge is -2.24. The summed E-state index contributed by atoms with van der Waals surface area (Å²) in [6, 6.07) is 12.1. The van der Waals surface area contributed by atoms with E-state index in [2.05, 4.69) is 5.32 Å². The van der Waals surface area contributed by atoms with Crippen molar-refractivity contribution in [3.8, 4) is 0 Å². The summed E-state index contributed by atoms with van der Waals surface area (Å²) in [4.78, 5) is 14.4. The Hall–Kier alpha value is -2.01. The van der Waals surface area contributed by atoms with Crippen molar-refractivity contribution in [3.05, 3.63) is 65.0 Å². The van der Waals surface area contributed by atoms with Crippen LogP contribution in [0.5, 0.6) is 0 Å². The molecule has 0 saturated carbocycles. The number of nitrogens with one attached hydrogen (secondary N) is 1. The molecule has 0 radical (unpaired) electrons. The van der Waals surface area contributed by atoms with Crippen LogP contribution in [0.25, 0.3) is 0 Å². The standard InChI is InChI=1S/C18H19FN2OS/c1-12-3-8-16(11-13(12)2)20-18(22)21-9-10-23-17(21)14-4-6-15(19)7-5-14/h3-8,11,17H,9-10H2,1-2H3,(H,20,22)/t17-/m1/s1. The van der Waals surface area contributed by atoms with Crippen LogP contribution in [0.15, 0.2) is 42.5 Å². The van der Waals surface area contributed by atoms with Crippen LogP contribution < -0.4 is 5.32 Å². The van der Waals surface area contributed by atoms with Crippen LogP contribution in [0.4, 0.5) is 14.9 Å². The van der Waals surface area contributed by atoms with Gasteiger partial charge in [-0.05, 0) is 54.8 Å². The minimum Gasteiger partial charge on any atom is -0.308 e. The van der Waals surface area contributed by atoms with E-state index in [1.807, 2.05) is 32.0 Å². The Morgan fingerprint density at radius 1 is 1.17 bits per heavy atom. The van der Waals surface area contributed by atoms with E-state index >= 15 is 0 Å². The van der Waals surface area contributed by atoms with Crippen LogP contribution in [0.1, 0.15) is 22.1 Å². The zero-order valence-electron chi connectivity index (χ0n) is 13.2. The van der Waals surface area contributed by atoms with E-state index in [1.54, 1.807) is 28.8 Å². The fourth-order valence-corrected chi connectivity index (χ4v) is 3.85. The third-order valence-corrected chi connectivity index (χ3v) is 5.33. The van der Waals surface area contributed by atoms with Crippen molar-refractivity contribution in [3.63, 3.8) is 0 Å². The Bertz CT molecular complexity index is 717. The minimum atomic E-state index is -0.261. The molecule has 23 heavy (non-hydrogen) atoms. The molecule has 1 fully saturated rings. The molecule has 2 aromatic rings. The van der Waals surface area contributed by atoms with Crippen molar-refractivity contribution >= 4 is 23.5 Å². The van der Waals surface area contributed by atoms with E-state index in [1.165, 1.54) is 17.7 Å². The summed E-state index contributed by atoms with van der Waals surface area (Å²) in [5.74, 6) is 0.616. The molecule has 1 aliphatic heterocycles. The second-order valence-corrected chi connectivity index (χ2v) is 6.89. The molecule has 1 heterocycles. The molecule has 1 saturated heterocycles. The normalized spacial score (nSPS) is 17.3. The van der Waals surface area contributed by atoms with Gasteiger partial charge in [0, 0.05) is 18.0 Å². The van der Waals surface area contributed by atoms with Crippen LogP contribution in [-0.2, 0) is 0 Å². The molecule has 1 aliphatic rings. The summed E-state index contributed by atoms with van der Waals surface area (Å²) < 4.78 is 13.1. The summed E-state index contributed by atoms with van der Waals surface area (Å²) in [5.41, 5.74) is 4.09. The van der Waals surface area contributed by atoms with E-state index < -0.39 is 0 Å². The van der Waals surface area contributed by atoms with Gasteiger partial charge in [-0.3, -0.25) is 0 Å². The van der Waals surface area contributed by atoms with Crippen molar-refractivity contribution in [1.82, 2.24) is 4.90 Å². The zero-order chi connectivity index (χ0) is 16.4. The molecule has 0 unspecified atom stereocenters. The number of benzene rings is 2. The Morgan fingerprint density at radius 2 is 1.91 bits per heavy atom. The SMILES string of the molecule is Cc1ccc(NC(=O)N2CCS[C@@H]2c2ccc(F)cc2)cc1C. The lowest BCUT2D eigenvalue weighted by Crippen LogP contribution is -2.34. The van der Waals surface area contributed by atoms with Gasteiger partial charge >= 0.3 is 6.03 Å². The van der Waals surface area contributed by atoms with Gasteiger partial charge in [-0.15, -0.1) is 11.8 Å². The van der Waals surface area contributed by atoms with Crippen molar-refractivity contribution in [2.24, 2.45) is 0 Å². The van der Waals surface area contributed by atoms with E-state index in [9.17, 15) is 9.18 Å². The molecular weight excluding hydrogens is 311 g/mol. The number of aryl methyl sites for hydroxylation is 2. The molecule has 3 rings (SSSR count). The lowest BCUT2D eigenvalue weighted by molar-refractivity contribution is 0.214. The van der Waals surface area contributed by atoms with E-state index in [0.717, 1.165) is 22.6 Å². The summed E-state index contributed by atoms with van der Waals surface area (Å²) in [7, 11) is 0. The molecule has 5 heteroatoms. The molecule has 0 bridgehead atoms. The lowest BCUT2D eigenvalue weighted by atomic mass is 10.1. The first-order valence-electron chi connectivity index (χ1n) is 7.56. The summed E-state index contributed by atoms with van der Waals surface area (Å²) >= 11 is 1.70. The highest BCUT2D eigenvalue weighted by Gasteiger charge is 2.30. The monoisotopic (exact) mass is 330 g/mol. The molecule has 1 atom stereocenters. The predicted molar refractivity (Wildman–Crippen MR) is 93.2 cm³/mol. The number of amides is 2. The van der Waals surface area contributed by atoms with Gasteiger partial charge in [-0.2, -0.15) is 0 Å². The second-order valence-electron chi connectivity index (χ2n) is 5.70. The number of anilines is 1. The molecular formula is C18H19FN2OS. The number of nitrogens with zero attached hydrogens (tertiary/aromatic N) is 1. The largest absolute Gasteiger partial charge is 0.323 e. The fraction of sp³-hybridized carbons (Fsp3) is 0.278. The van der Waals surface area contributed by atoms with E-state index in [4.69, 9.17) is 0 Å². The highest BCUT2D eigenvalue weighted by atomic mass is 32.2. The van der Waals surface area contributed by atoms with E-state index in [-0.39, 0.29) is 17.2 Å². The van der Waals surface area contributed by atoms with Crippen molar-refractivity contribution < 1.29 is 9.18 Å². The maximum Gasteiger partial charge on any atom is 0.323 e. The quantitative estimate of drug-likeness (QED) is 0.864. The molecule has 3 nitrogen and oxygen atoms in total. The number of carbonyl (C=O) groups excluding carboxylic acids is 1. The molecule has 1 N–H and O–H groups in total. The molecule has 2 aromatic carbocycles. The maximum atomic E-state index is 13.1. The Morgan fingerprint density at radius 3 is 2.61 bits per heavy atom. The molecule has 0 aromatic heterocycles. The first-order valence-corrected chi connectivity index (χ1v) is 8.61. The molecule has 2 amide bonds. The highest BCUT2D eigenvalue weighted by Crippen LogP contribution is 2.38. The van der Waals surface area contributed by atoms with Crippen LogP contribution in [-0.4, -0.2) is 23.2 Å². The van der Waals surface area contributed by atoms with Crippen LogP contribution in [0.2, 0.25) is 0 Å². The Kier molecular flexibility index (Phi) is 4.57. The van der Waals surface area contributed by atoms with Gasteiger partial charge in [-0.25, -0.2) is 9.18 Å². The van der Waals surface area contributed by atoms with Crippen LogP contribution >= 0.6 is 11.8 Å². The number of thioether (sulfide) groups is 1. The smallest absolute Gasteiger partial charge is 0.308 e. The highest BCUT2D eigenvalue weighted by molar-refractivity contribution is 7.99. The maximum absolute atomic E-state index is 13.1. The Labute approximate surface area is 139 Å². The van der Waals surface area contributed by atoms with Crippen LogP contribution in [0.3, 0.4) is 0 Å². The fourth-order valence-electron chi connectivity index (χ4n) is 2.60. The minimum absolute atomic E-state index is 0.0675. The second kappa shape index (κ2) is 6.62. The van der Waals surface area contributed by atoms with Gasteiger partial charge in [0.1, 0.15) is 11.2 Å². The number of hydrogen-bond donors (Lipinski definition) is 1. The first-order chi connectivity index (χ1) is 11.0. The van der Waals surface area contributed by atoms with Gasteiger partial charge in [-0.1, -0.05) is 18.2 Å². The predicted octanol–water partition coefficient (Wildman–Crippen LogP) is 4.72. The molecule has 120 valence electrons. The third-order valence-electron chi connectivity index (χ3n) is 4.07. The number of carbonyl (C=O) groups is 1. The van der Waals surface area contributed by atoms with Gasteiger partial charge < -0.3 is 10.2 Å². The summed E-state index contributed by atoms with van der Waals surface area (Å²) in [5, 5.41) is 2.90. The summed E-state index contributed by atoms with van der Waals surface area (Å²) in [6.45, 7) is 4.75. The van der Waals surface area contributed by atoms with Gasteiger partial charge in [0.15, 0.2) is 0 Å². The molecule has 0 aliphatic carbocycles.